The van der Waals surface area contributed by atoms with E-state index >= 15 is 0 Å². The Kier molecular flexibility index (Phi) is 4.94. The highest BCUT2D eigenvalue weighted by Gasteiger charge is 2.35. The summed E-state index contributed by atoms with van der Waals surface area (Å²) in [6.45, 7) is 6.34. The molecule has 1 aromatic rings. The summed E-state index contributed by atoms with van der Waals surface area (Å²) < 4.78 is 13.8. The van der Waals surface area contributed by atoms with Crippen molar-refractivity contribution in [3.05, 3.63) is 35.6 Å². The predicted molar refractivity (Wildman–Crippen MR) is 77.6 cm³/mol. The second kappa shape index (κ2) is 6.49. The Morgan fingerprint density at radius 1 is 1.37 bits per heavy atom. The minimum Gasteiger partial charge on any atom is -0.317 e. The second-order valence-corrected chi connectivity index (χ2v) is 5.58. The van der Waals surface area contributed by atoms with Crippen LogP contribution in [0.2, 0.25) is 0 Å². The number of nitrogens with zero attached hydrogens (tertiary/aromatic N) is 1. The SMILES string of the molecule is CCNCC1CCC1N(C)C(C)c1ccccc1F. The summed E-state index contributed by atoms with van der Waals surface area (Å²) in [5.74, 6) is 0.614. The Bertz CT molecular complexity index is 407. The van der Waals surface area contributed by atoms with Gasteiger partial charge in [0.1, 0.15) is 5.82 Å². The molecule has 1 saturated carbocycles. The molecule has 106 valence electrons. The van der Waals surface area contributed by atoms with Gasteiger partial charge in [0.05, 0.1) is 0 Å². The lowest BCUT2D eigenvalue weighted by Gasteiger charge is -2.45. The van der Waals surface area contributed by atoms with Crippen LogP contribution in [0.3, 0.4) is 0 Å². The number of rotatable bonds is 6. The first kappa shape index (κ1) is 14.5. The molecule has 19 heavy (non-hydrogen) atoms. The first-order chi connectivity index (χ1) is 9.15. The van der Waals surface area contributed by atoms with Crippen LogP contribution in [0.15, 0.2) is 24.3 Å². The van der Waals surface area contributed by atoms with Crippen LogP contribution in [0, 0.1) is 11.7 Å². The van der Waals surface area contributed by atoms with Gasteiger partial charge in [-0.2, -0.15) is 0 Å². The Labute approximate surface area is 116 Å². The van der Waals surface area contributed by atoms with Gasteiger partial charge < -0.3 is 5.32 Å². The minimum absolute atomic E-state index is 0.0931. The molecule has 0 radical (unpaired) electrons. The van der Waals surface area contributed by atoms with Crippen molar-refractivity contribution < 1.29 is 4.39 Å². The minimum atomic E-state index is -0.0931. The zero-order valence-corrected chi connectivity index (χ0v) is 12.2. The lowest BCUT2D eigenvalue weighted by molar-refractivity contribution is 0.0541. The van der Waals surface area contributed by atoms with Crippen LogP contribution in [0.4, 0.5) is 4.39 Å². The smallest absolute Gasteiger partial charge is 0.127 e. The molecule has 3 unspecified atom stereocenters. The molecule has 0 bridgehead atoms. The Morgan fingerprint density at radius 2 is 2.11 bits per heavy atom. The van der Waals surface area contributed by atoms with Crippen LogP contribution in [-0.2, 0) is 0 Å². The third kappa shape index (κ3) is 3.15. The fourth-order valence-corrected chi connectivity index (χ4v) is 2.98. The first-order valence-electron chi connectivity index (χ1n) is 7.32. The van der Waals surface area contributed by atoms with Crippen molar-refractivity contribution in [2.75, 3.05) is 20.1 Å². The van der Waals surface area contributed by atoms with Gasteiger partial charge in [-0.25, -0.2) is 4.39 Å². The maximum absolute atomic E-state index is 13.8. The average molecular weight is 264 g/mol. The van der Waals surface area contributed by atoms with E-state index in [9.17, 15) is 4.39 Å². The van der Waals surface area contributed by atoms with E-state index in [1.54, 1.807) is 12.1 Å². The summed E-state index contributed by atoms with van der Waals surface area (Å²) in [7, 11) is 2.12. The highest BCUT2D eigenvalue weighted by molar-refractivity contribution is 5.21. The van der Waals surface area contributed by atoms with Gasteiger partial charge in [0, 0.05) is 17.6 Å². The maximum atomic E-state index is 13.8. The number of hydrogen-bond donors (Lipinski definition) is 1. The lowest BCUT2D eigenvalue weighted by atomic mass is 9.77. The summed E-state index contributed by atoms with van der Waals surface area (Å²) in [5, 5.41) is 3.42. The molecule has 1 N–H and O–H groups in total. The predicted octanol–water partition coefficient (Wildman–Crippen LogP) is 3.21. The van der Waals surface area contributed by atoms with Gasteiger partial charge >= 0.3 is 0 Å². The number of halogens is 1. The summed E-state index contributed by atoms with van der Waals surface area (Å²) in [6, 6.07) is 7.83. The maximum Gasteiger partial charge on any atom is 0.127 e. The molecule has 0 aliphatic heterocycles. The molecule has 3 heteroatoms. The molecule has 1 aromatic carbocycles. The van der Waals surface area contributed by atoms with E-state index in [2.05, 4.69) is 31.1 Å². The van der Waals surface area contributed by atoms with Crippen LogP contribution in [-0.4, -0.2) is 31.1 Å². The lowest BCUT2D eigenvalue weighted by Crippen LogP contribution is -2.49. The normalized spacial score (nSPS) is 24.3. The van der Waals surface area contributed by atoms with E-state index in [1.807, 2.05) is 12.1 Å². The molecule has 0 saturated heterocycles. The molecule has 0 amide bonds. The molecule has 2 nitrogen and oxygen atoms in total. The quantitative estimate of drug-likeness (QED) is 0.849. The standard InChI is InChI=1S/C16H25FN2/c1-4-18-11-13-9-10-16(13)19(3)12(2)14-7-5-6-8-15(14)17/h5-8,12-13,16,18H,4,9-11H2,1-3H3. The molecule has 0 spiro atoms. The summed E-state index contributed by atoms with van der Waals surface area (Å²) in [6.07, 6.45) is 2.51. The van der Waals surface area contributed by atoms with Crippen molar-refractivity contribution >= 4 is 0 Å². The van der Waals surface area contributed by atoms with Crippen LogP contribution >= 0.6 is 0 Å². The molecule has 0 aromatic heterocycles. The number of hydrogen-bond acceptors (Lipinski definition) is 2. The molecule has 3 atom stereocenters. The van der Waals surface area contributed by atoms with E-state index in [4.69, 9.17) is 0 Å². The highest BCUT2D eigenvalue weighted by atomic mass is 19.1. The van der Waals surface area contributed by atoms with Gasteiger partial charge in [-0.05, 0) is 51.9 Å². The van der Waals surface area contributed by atoms with E-state index in [1.165, 1.54) is 12.8 Å². The van der Waals surface area contributed by atoms with Gasteiger partial charge in [0.15, 0.2) is 0 Å². The van der Waals surface area contributed by atoms with Gasteiger partial charge in [-0.3, -0.25) is 4.90 Å². The van der Waals surface area contributed by atoms with Crippen molar-refractivity contribution in [3.63, 3.8) is 0 Å². The van der Waals surface area contributed by atoms with E-state index < -0.39 is 0 Å². The third-order valence-electron chi connectivity index (χ3n) is 4.52. The van der Waals surface area contributed by atoms with E-state index in [0.717, 1.165) is 18.7 Å². The fourth-order valence-electron chi connectivity index (χ4n) is 2.98. The topological polar surface area (TPSA) is 15.3 Å². The van der Waals surface area contributed by atoms with Crippen LogP contribution < -0.4 is 5.32 Å². The highest BCUT2D eigenvalue weighted by Crippen LogP contribution is 2.35. The first-order valence-corrected chi connectivity index (χ1v) is 7.32. The molecular formula is C16H25FN2. The molecule has 1 aliphatic carbocycles. The van der Waals surface area contributed by atoms with Crippen LogP contribution in [0.1, 0.15) is 38.3 Å². The number of benzene rings is 1. The molecule has 1 aliphatic rings. The monoisotopic (exact) mass is 264 g/mol. The Balaban J connectivity index is 1.99. The molecular weight excluding hydrogens is 239 g/mol. The van der Waals surface area contributed by atoms with Gasteiger partial charge in [-0.15, -0.1) is 0 Å². The van der Waals surface area contributed by atoms with Crippen molar-refractivity contribution in [1.29, 1.82) is 0 Å². The zero-order valence-electron chi connectivity index (χ0n) is 12.2. The van der Waals surface area contributed by atoms with Crippen LogP contribution in [0.5, 0.6) is 0 Å². The molecule has 1 fully saturated rings. The fraction of sp³-hybridized carbons (Fsp3) is 0.625. The molecule has 2 rings (SSSR count). The van der Waals surface area contributed by atoms with Gasteiger partial charge in [0.25, 0.3) is 0 Å². The largest absolute Gasteiger partial charge is 0.317 e. The van der Waals surface area contributed by atoms with E-state index in [-0.39, 0.29) is 11.9 Å². The summed E-state index contributed by atoms with van der Waals surface area (Å²) in [5.41, 5.74) is 0.805. The molecule has 0 heterocycles. The summed E-state index contributed by atoms with van der Waals surface area (Å²) >= 11 is 0. The zero-order chi connectivity index (χ0) is 13.8. The van der Waals surface area contributed by atoms with Crippen LogP contribution in [0.25, 0.3) is 0 Å². The van der Waals surface area contributed by atoms with Crippen molar-refractivity contribution in [1.82, 2.24) is 10.2 Å². The van der Waals surface area contributed by atoms with Gasteiger partial charge in [-0.1, -0.05) is 25.1 Å². The summed E-state index contributed by atoms with van der Waals surface area (Å²) in [4.78, 5) is 2.34. The third-order valence-corrected chi connectivity index (χ3v) is 4.52. The second-order valence-electron chi connectivity index (χ2n) is 5.58. The van der Waals surface area contributed by atoms with Crippen molar-refractivity contribution in [2.24, 2.45) is 5.92 Å². The van der Waals surface area contributed by atoms with Gasteiger partial charge in [0.2, 0.25) is 0 Å². The average Bonchev–Trinajstić information content (AvgIpc) is 2.37. The van der Waals surface area contributed by atoms with Crippen molar-refractivity contribution in [3.8, 4) is 0 Å². The Morgan fingerprint density at radius 3 is 2.68 bits per heavy atom. The Hall–Kier alpha value is -0.930. The van der Waals surface area contributed by atoms with E-state index in [0.29, 0.717) is 12.0 Å². The number of nitrogens with one attached hydrogen (secondary N) is 1. The van der Waals surface area contributed by atoms with Crippen molar-refractivity contribution in [2.45, 2.75) is 38.8 Å².